The van der Waals surface area contributed by atoms with Gasteiger partial charge in [-0.2, -0.15) is 0 Å². The number of anilines is 9. The molecule has 422 valence electrons. The third-order valence-corrected chi connectivity index (χ3v) is 20.1. The van der Waals surface area contributed by atoms with Gasteiger partial charge in [-0.1, -0.05) is 208 Å². The topological polar surface area (TPSA) is 45.2 Å². The Hall–Kier alpha value is -11.6. The van der Waals surface area contributed by atoms with Gasteiger partial charge in [0.05, 0.1) is 39.5 Å². The van der Waals surface area contributed by atoms with E-state index in [9.17, 15) is 0 Å². The SMILES string of the molecule is CC1(C)c2ccccc2-c2c(N(c3ccc4ccccc4c3)c3cccc4c3oc3ccccc34)cc3c(c21)-c1ccc(N(c2ccc4ccccc4c2)c2cccc4c2oc2ccccc24)cc1C31c2ccccc2N2c3ccccc3Oc3cccc1c32. The second kappa shape index (κ2) is 18.0. The molecule has 0 fully saturated rings. The first kappa shape index (κ1) is 49.5. The number of hydrogen-bond acceptors (Lipinski definition) is 6. The fourth-order valence-electron chi connectivity index (χ4n) is 16.4. The average molecular weight is 1150 g/mol. The molecule has 4 aliphatic rings. The number of ether oxygens (including phenoxy) is 1. The van der Waals surface area contributed by atoms with Crippen LogP contribution in [0.4, 0.5) is 51.2 Å². The summed E-state index contributed by atoms with van der Waals surface area (Å²) in [6.07, 6.45) is 0. The molecule has 0 amide bonds. The van der Waals surface area contributed by atoms with E-state index in [2.05, 4.69) is 314 Å². The molecular formula is C84H53N3O3. The lowest BCUT2D eigenvalue weighted by Gasteiger charge is -2.47. The van der Waals surface area contributed by atoms with Crippen molar-refractivity contribution in [3.8, 4) is 33.8 Å². The summed E-state index contributed by atoms with van der Waals surface area (Å²) in [6.45, 7) is 4.89. The van der Waals surface area contributed by atoms with E-state index in [4.69, 9.17) is 13.6 Å². The van der Waals surface area contributed by atoms with Crippen LogP contribution >= 0.6 is 0 Å². The molecule has 1 spiro atoms. The summed E-state index contributed by atoms with van der Waals surface area (Å²) in [6, 6.07) is 105. The van der Waals surface area contributed by atoms with E-state index in [0.717, 1.165) is 123 Å². The van der Waals surface area contributed by atoms with Gasteiger partial charge in [-0.05, 0) is 163 Å². The van der Waals surface area contributed by atoms with Gasteiger partial charge in [0.15, 0.2) is 22.7 Å². The summed E-state index contributed by atoms with van der Waals surface area (Å²) in [7, 11) is 0. The van der Waals surface area contributed by atoms with Crippen molar-refractivity contribution in [1.82, 2.24) is 0 Å². The fraction of sp³-hybridized carbons (Fsp3) is 0.0476. The molecular weight excluding hydrogens is 1100 g/mol. The first-order valence-electron chi connectivity index (χ1n) is 31.1. The maximum Gasteiger partial charge on any atom is 0.159 e. The highest BCUT2D eigenvalue weighted by molar-refractivity contribution is 6.14. The minimum Gasteiger partial charge on any atom is -0.454 e. The standard InChI is InChI=1S/C84H53N3O3/c1-83(2)63-29-10-7-26-61(63)78-72(86(55-43-41-51-21-4-6-23-53(51)47-55)71-35-18-28-60-58-25-9-15-37-74(58)90-82(60)71)49-67-77(79(78)83)62-45-44-56(85(54-42-40-50-20-3-5-22-52(50)46-54)70-34-17-27-59-57-24-8-14-36-73(57)89-81(59)70)48-66(62)84(67)64-30-11-12-32-68(64)87-69-33-13-16-38-75(69)88-76-39-19-31-65(84)80(76)87/h3-49H,1-2H3. The van der Waals surface area contributed by atoms with Gasteiger partial charge in [0, 0.05) is 49.6 Å². The molecule has 2 aromatic heterocycles. The summed E-state index contributed by atoms with van der Waals surface area (Å²) in [5.74, 6) is 1.63. The number of nitrogens with zero attached hydrogens (tertiary/aromatic N) is 3. The number of rotatable bonds is 6. The summed E-state index contributed by atoms with van der Waals surface area (Å²) < 4.78 is 21.3. The molecule has 1 atom stereocenters. The molecule has 1 unspecified atom stereocenters. The van der Waals surface area contributed by atoms with E-state index in [1.807, 2.05) is 0 Å². The summed E-state index contributed by atoms with van der Waals surface area (Å²) in [5, 5.41) is 8.95. The molecule has 90 heavy (non-hydrogen) atoms. The first-order valence-corrected chi connectivity index (χ1v) is 31.1. The molecule has 14 aromatic carbocycles. The van der Waals surface area contributed by atoms with Crippen LogP contribution < -0.4 is 19.4 Å². The van der Waals surface area contributed by atoms with E-state index in [1.54, 1.807) is 0 Å². The van der Waals surface area contributed by atoms with Gasteiger partial charge in [-0.3, -0.25) is 0 Å². The van der Waals surface area contributed by atoms with Crippen LogP contribution in [0, 0.1) is 0 Å². The van der Waals surface area contributed by atoms with Crippen LogP contribution in [0.3, 0.4) is 0 Å². The van der Waals surface area contributed by atoms with Crippen molar-refractivity contribution in [2.75, 3.05) is 14.7 Å². The highest BCUT2D eigenvalue weighted by Crippen LogP contribution is 2.71. The molecule has 0 bridgehead atoms. The van der Waals surface area contributed by atoms with E-state index >= 15 is 0 Å². The van der Waals surface area contributed by atoms with Crippen LogP contribution in [0.5, 0.6) is 11.5 Å². The highest BCUT2D eigenvalue weighted by Gasteiger charge is 2.57. The van der Waals surface area contributed by atoms with Gasteiger partial charge < -0.3 is 28.3 Å². The molecule has 2 aliphatic heterocycles. The first-order chi connectivity index (χ1) is 44.4. The van der Waals surface area contributed by atoms with E-state index < -0.39 is 10.8 Å². The van der Waals surface area contributed by atoms with Crippen molar-refractivity contribution in [1.29, 1.82) is 0 Å². The van der Waals surface area contributed by atoms with Crippen LogP contribution in [-0.4, -0.2) is 0 Å². The molecule has 2 aliphatic carbocycles. The minimum absolute atomic E-state index is 0.486. The van der Waals surface area contributed by atoms with Crippen LogP contribution in [0.1, 0.15) is 47.2 Å². The molecule has 16 aromatic rings. The number of furan rings is 2. The molecule has 0 saturated heterocycles. The smallest absolute Gasteiger partial charge is 0.159 e. The van der Waals surface area contributed by atoms with Gasteiger partial charge in [-0.25, -0.2) is 0 Å². The van der Waals surface area contributed by atoms with Crippen molar-refractivity contribution in [2.24, 2.45) is 0 Å². The molecule has 4 heterocycles. The fourth-order valence-corrected chi connectivity index (χ4v) is 16.4. The Balaban J connectivity index is 0.951. The van der Waals surface area contributed by atoms with Crippen molar-refractivity contribution < 1.29 is 13.6 Å². The maximum absolute atomic E-state index is 7.15. The van der Waals surface area contributed by atoms with Crippen LogP contribution in [0.15, 0.2) is 294 Å². The monoisotopic (exact) mass is 1150 g/mol. The molecule has 0 radical (unpaired) electrons. The van der Waals surface area contributed by atoms with Crippen molar-refractivity contribution in [2.45, 2.75) is 24.7 Å². The third kappa shape index (κ3) is 6.51. The lowest BCUT2D eigenvalue weighted by Crippen LogP contribution is -2.37. The minimum atomic E-state index is -0.954. The summed E-state index contributed by atoms with van der Waals surface area (Å²) in [4.78, 5) is 7.42. The highest BCUT2D eigenvalue weighted by atomic mass is 16.5. The normalized spacial score (nSPS) is 15.2. The Kier molecular flexibility index (Phi) is 9.91. The van der Waals surface area contributed by atoms with Crippen molar-refractivity contribution in [3.63, 3.8) is 0 Å². The Morgan fingerprint density at radius 3 is 1.56 bits per heavy atom. The van der Waals surface area contributed by atoms with Crippen molar-refractivity contribution >= 4 is 117 Å². The van der Waals surface area contributed by atoms with Gasteiger partial charge in [0.2, 0.25) is 0 Å². The predicted octanol–water partition coefficient (Wildman–Crippen LogP) is 23.3. The zero-order valence-corrected chi connectivity index (χ0v) is 49.2. The number of benzene rings is 14. The summed E-state index contributed by atoms with van der Waals surface area (Å²) >= 11 is 0. The molecule has 0 N–H and O–H groups in total. The van der Waals surface area contributed by atoms with E-state index in [0.29, 0.717) is 0 Å². The quantitative estimate of drug-likeness (QED) is 0.165. The van der Waals surface area contributed by atoms with Gasteiger partial charge in [0.25, 0.3) is 0 Å². The number of fused-ring (bicyclic) bond motifs is 23. The Morgan fingerprint density at radius 1 is 0.333 bits per heavy atom. The zero-order chi connectivity index (χ0) is 59.1. The Labute approximate surface area is 518 Å². The lowest BCUT2D eigenvalue weighted by molar-refractivity contribution is 0.473. The molecule has 0 saturated carbocycles. The molecule has 6 heteroatoms. The predicted molar refractivity (Wildman–Crippen MR) is 369 cm³/mol. The zero-order valence-electron chi connectivity index (χ0n) is 49.2. The molecule has 20 rings (SSSR count). The average Bonchev–Trinajstić information content (AvgIpc) is 1.45. The third-order valence-electron chi connectivity index (χ3n) is 20.1. The Bertz CT molecular complexity index is 5810. The van der Waals surface area contributed by atoms with E-state index in [1.165, 1.54) is 60.8 Å². The summed E-state index contributed by atoms with van der Waals surface area (Å²) in [5.41, 5.74) is 23.2. The second-order valence-electron chi connectivity index (χ2n) is 25.0. The molecule has 6 nitrogen and oxygen atoms in total. The van der Waals surface area contributed by atoms with Crippen LogP contribution in [-0.2, 0) is 10.8 Å². The number of hydrogen-bond donors (Lipinski definition) is 0. The van der Waals surface area contributed by atoms with Gasteiger partial charge in [0.1, 0.15) is 11.2 Å². The van der Waals surface area contributed by atoms with Crippen LogP contribution in [0.25, 0.3) is 87.7 Å². The van der Waals surface area contributed by atoms with Crippen LogP contribution in [0.2, 0.25) is 0 Å². The van der Waals surface area contributed by atoms with Gasteiger partial charge >= 0.3 is 0 Å². The van der Waals surface area contributed by atoms with E-state index in [-0.39, 0.29) is 0 Å². The largest absolute Gasteiger partial charge is 0.454 e. The van der Waals surface area contributed by atoms with Crippen molar-refractivity contribution in [3.05, 3.63) is 318 Å². The lowest BCUT2D eigenvalue weighted by atomic mass is 9.64. The number of para-hydroxylation sites is 8. The second-order valence-corrected chi connectivity index (χ2v) is 25.0. The van der Waals surface area contributed by atoms with Gasteiger partial charge in [-0.15, -0.1) is 0 Å². The Morgan fingerprint density at radius 2 is 0.844 bits per heavy atom. The maximum atomic E-state index is 7.15.